The van der Waals surface area contributed by atoms with Gasteiger partial charge in [0.25, 0.3) is 0 Å². The van der Waals surface area contributed by atoms with Gasteiger partial charge in [0.1, 0.15) is 11.5 Å². The highest BCUT2D eigenvalue weighted by Gasteiger charge is 2.20. The highest BCUT2D eigenvalue weighted by atomic mass is 32.2. The predicted octanol–water partition coefficient (Wildman–Crippen LogP) is 2.06. The Balaban J connectivity index is 2.12. The molecular weight excluding hydrogens is 246 g/mol. The van der Waals surface area contributed by atoms with E-state index >= 15 is 0 Å². The molecule has 0 bridgehead atoms. The van der Waals surface area contributed by atoms with Crippen LogP contribution >= 0.6 is 11.8 Å². The third kappa shape index (κ3) is 1.86. The molecule has 0 atom stereocenters. The fraction of sp³-hybridized carbons (Fsp3) is 0.417. The summed E-state index contributed by atoms with van der Waals surface area (Å²) in [6, 6.07) is 0. The van der Waals surface area contributed by atoms with E-state index in [1.807, 2.05) is 23.4 Å². The monoisotopic (exact) mass is 261 g/mol. The molecule has 0 fully saturated rings. The first kappa shape index (κ1) is 11.5. The number of rotatable bonds is 3. The zero-order chi connectivity index (χ0) is 12.5. The summed E-state index contributed by atoms with van der Waals surface area (Å²) in [7, 11) is 1.96. The maximum absolute atomic E-state index is 4.67. The van der Waals surface area contributed by atoms with E-state index in [0.29, 0.717) is 0 Å². The van der Waals surface area contributed by atoms with Gasteiger partial charge in [0.05, 0.1) is 18.2 Å². The molecule has 94 valence electrons. The fourth-order valence-corrected chi connectivity index (χ4v) is 3.09. The van der Waals surface area contributed by atoms with Gasteiger partial charge in [-0.2, -0.15) is 11.8 Å². The van der Waals surface area contributed by atoms with Crippen molar-refractivity contribution in [2.45, 2.75) is 18.4 Å². The minimum absolute atomic E-state index is 0.757. The van der Waals surface area contributed by atoms with Gasteiger partial charge in [0.2, 0.25) is 0 Å². The minimum Gasteiger partial charge on any atom is -0.370 e. The minimum atomic E-state index is 0.757. The van der Waals surface area contributed by atoms with Crippen LogP contribution in [0.1, 0.15) is 18.2 Å². The average Bonchev–Trinajstić information content (AvgIpc) is 2.97. The highest BCUT2D eigenvalue weighted by Crippen LogP contribution is 2.34. The van der Waals surface area contributed by atoms with E-state index in [1.165, 1.54) is 5.56 Å². The Morgan fingerprint density at radius 3 is 3.00 bits per heavy atom. The molecular formula is C12H15N5S. The number of hydrogen-bond donors (Lipinski definition) is 1. The van der Waals surface area contributed by atoms with Gasteiger partial charge in [-0.25, -0.2) is 15.0 Å². The van der Waals surface area contributed by atoms with Gasteiger partial charge in [-0.1, -0.05) is 0 Å². The number of aryl methyl sites for hydroxylation is 1. The number of anilines is 1. The molecule has 3 heterocycles. The second-order valence-corrected chi connectivity index (χ2v) is 5.22. The number of nitrogens with zero attached hydrogens (tertiary/aromatic N) is 4. The van der Waals surface area contributed by atoms with Crippen molar-refractivity contribution in [3.8, 4) is 11.5 Å². The maximum atomic E-state index is 4.67. The molecule has 2 aromatic rings. The van der Waals surface area contributed by atoms with E-state index in [1.54, 1.807) is 12.5 Å². The smallest absolute Gasteiger partial charge is 0.180 e. The molecule has 0 aliphatic carbocycles. The van der Waals surface area contributed by atoms with Crippen LogP contribution in [0.5, 0.6) is 0 Å². The third-order valence-electron chi connectivity index (χ3n) is 2.97. The summed E-state index contributed by atoms with van der Waals surface area (Å²) in [5.74, 6) is 3.71. The molecule has 0 spiro atoms. The standard InChI is InChI=1S/C12H15N5S/c1-3-14-11-8-5-18-6-9(8)15-12(16-11)10-4-13-7-17(10)2/h4,7H,3,5-6H2,1-2H3,(H,14,15,16). The number of aromatic nitrogens is 4. The molecule has 0 saturated heterocycles. The lowest BCUT2D eigenvalue weighted by atomic mass is 10.2. The number of nitrogens with one attached hydrogen (secondary N) is 1. The van der Waals surface area contributed by atoms with Crippen LogP contribution in [-0.2, 0) is 18.6 Å². The van der Waals surface area contributed by atoms with Crippen molar-refractivity contribution in [2.75, 3.05) is 11.9 Å². The molecule has 0 amide bonds. The zero-order valence-corrected chi connectivity index (χ0v) is 11.3. The first-order valence-corrected chi connectivity index (χ1v) is 7.13. The Bertz CT molecular complexity index is 578. The van der Waals surface area contributed by atoms with Crippen LogP contribution in [0.15, 0.2) is 12.5 Å². The number of imidazole rings is 1. The van der Waals surface area contributed by atoms with E-state index in [-0.39, 0.29) is 0 Å². The van der Waals surface area contributed by atoms with Gasteiger partial charge in [-0.15, -0.1) is 0 Å². The lowest BCUT2D eigenvalue weighted by Gasteiger charge is -2.10. The molecule has 18 heavy (non-hydrogen) atoms. The molecule has 0 aromatic carbocycles. The number of thioether (sulfide) groups is 1. The van der Waals surface area contributed by atoms with Gasteiger partial charge in [-0.3, -0.25) is 0 Å². The normalized spacial score (nSPS) is 13.7. The van der Waals surface area contributed by atoms with Gasteiger partial charge >= 0.3 is 0 Å². The van der Waals surface area contributed by atoms with Crippen molar-refractivity contribution in [3.05, 3.63) is 23.8 Å². The van der Waals surface area contributed by atoms with Gasteiger partial charge in [0.15, 0.2) is 5.82 Å². The molecule has 0 saturated carbocycles. The van der Waals surface area contributed by atoms with E-state index < -0.39 is 0 Å². The van der Waals surface area contributed by atoms with Crippen LogP contribution < -0.4 is 5.32 Å². The molecule has 1 N–H and O–H groups in total. The van der Waals surface area contributed by atoms with Crippen molar-refractivity contribution < 1.29 is 0 Å². The van der Waals surface area contributed by atoms with E-state index in [0.717, 1.165) is 41.1 Å². The summed E-state index contributed by atoms with van der Waals surface area (Å²) in [6.45, 7) is 2.96. The van der Waals surface area contributed by atoms with Gasteiger partial charge < -0.3 is 9.88 Å². The molecule has 2 aromatic heterocycles. The molecule has 1 aliphatic heterocycles. The first-order chi connectivity index (χ1) is 8.79. The van der Waals surface area contributed by atoms with Crippen LogP contribution in [0, 0.1) is 0 Å². The van der Waals surface area contributed by atoms with Crippen molar-refractivity contribution in [1.29, 1.82) is 0 Å². The summed E-state index contributed by atoms with van der Waals surface area (Å²) in [6.07, 6.45) is 3.58. The maximum Gasteiger partial charge on any atom is 0.180 e. The van der Waals surface area contributed by atoms with Crippen LogP contribution in [0.2, 0.25) is 0 Å². The van der Waals surface area contributed by atoms with Gasteiger partial charge in [-0.05, 0) is 6.92 Å². The number of fused-ring (bicyclic) bond motifs is 1. The quantitative estimate of drug-likeness (QED) is 0.916. The molecule has 5 nitrogen and oxygen atoms in total. The molecule has 0 unspecified atom stereocenters. The van der Waals surface area contributed by atoms with Crippen molar-refractivity contribution in [1.82, 2.24) is 19.5 Å². The Morgan fingerprint density at radius 1 is 1.39 bits per heavy atom. The predicted molar refractivity (Wildman–Crippen MR) is 73.4 cm³/mol. The van der Waals surface area contributed by atoms with Gasteiger partial charge in [0, 0.05) is 30.7 Å². The SMILES string of the molecule is CCNc1nc(-c2cncn2C)nc2c1CSC2. The van der Waals surface area contributed by atoms with Crippen LogP contribution in [0.25, 0.3) is 11.5 Å². The summed E-state index contributed by atoms with van der Waals surface area (Å²) < 4.78 is 1.94. The topological polar surface area (TPSA) is 55.6 Å². The average molecular weight is 261 g/mol. The molecule has 0 radical (unpaired) electrons. The number of hydrogen-bond acceptors (Lipinski definition) is 5. The Labute approximate surface area is 110 Å². The second-order valence-electron chi connectivity index (χ2n) is 4.23. The Kier molecular flexibility index (Phi) is 2.95. The fourth-order valence-electron chi connectivity index (χ4n) is 2.05. The van der Waals surface area contributed by atoms with Crippen LogP contribution in [0.4, 0.5) is 5.82 Å². The summed E-state index contributed by atoms with van der Waals surface area (Å²) in [5.41, 5.74) is 3.36. The summed E-state index contributed by atoms with van der Waals surface area (Å²) >= 11 is 1.89. The molecule has 1 aliphatic rings. The van der Waals surface area contributed by atoms with E-state index in [2.05, 4.69) is 27.2 Å². The van der Waals surface area contributed by atoms with Crippen molar-refractivity contribution in [2.24, 2.45) is 7.05 Å². The molecule has 6 heteroatoms. The van der Waals surface area contributed by atoms with Crippen LogP contribution in [0.3, 0.4) is 0 Å². The molecule has 3 rings (SSSR count). The van der Waals surface area contributed by atoms with E-state index in [9.17, 15) is 0 Å². The summed E-state index contributed by atoms with van der Waals surface area (Å²) in [5, 5.41) is 3.34. The zero-order valence-electron chi connectivity index (χ0n) is 10.5. The second kappa shape index (κ2) is 4.61. The summed E-state index contributed by atoms with van der Waals surface area (Å²) in [4.78, 5) is 13.4. The van der Waals surface area contributed by atoms with Crippen molar-refractivity contribution >= 4 is 17.6 Å². The lowest BCUT2D eigenvalue weighted by molar-refractivity contribution is 0.903. The Hall–Kier alpha value is -1.56. The lowest BCUT2D eigenvalue weighted by Crippen LogP contribution is -2.07. The third-order valence-corrected chi connectivity index (χ3v) is 3.94. The van der Waals surface area contributed by atoms with Crippen molar-refractivity contribution in [3.63, 3.8) is 0 Å². The highest BCUT2D eigenvalue weighted by molar-refractivity contribution is 7.98. The van der Waals surface area contributed by atoms with E-state index in [4.69, 9.17) is 0 Å². The Morgan fingerprint density at radius 2 is 2.28 bits per heavy atom. The largest absolute Gasteiger partial charge is 0.370 e. The van der Waals surface area contributed by atoms with Crippen LogP contribution in [-0.4, -0.2) is 26.1 Å². The first-order valence-electron chi connectivity index (χ1n) is 5.97.